The van der Waals surface area contributed by atoms with Gasteiger partial charge in [-0.3, -0.25) is 14.0 Å². The van der Waals surface area contributed by atoms with Gasteiger partial charge < -0.3 is 5.32 Å². The highest BCUT2D eigenvalue weighted by molar-refractivity contribution is 7.99. The van der Waals surface area contributed by atoms with Gasteiger partial charge >= 0.3 is 0 Å². The predicted molar refractivity (Wildman–Crippen MR) is 97.7 cm³/mol. The first-order valence-electron chi connectivity index (χ1n) is 7.22. The van der Waals surface area contributed by atoms with Gasteiger partial charge in [0.25, 0.3) is 5.56 Å². The Balaban J connectivity index is 1.58. The largest absolute Gasteiger partial charge is 0.325 e. The molecular weight excluding hydrogens is 346 g/mol. The highest BCUT2D eigenvalue weighted by atomic mass is 35.5. The minimum absolute atomic E-state index is 0.125. The third kappa shape index (κ3) is 4.15. The summed E-state index contributed by atoms with van der Waals surface area (Å²) in [5.41, 5.74) is 1.80. The van der Waals surface area contributed by atoms with Crippen LogP contribution in [0.2, 0.25) is 5.02 Å². The van der Waals surface area contributed by atoms with E-state index < -0.39 is 0 Å². The van der Waals surface area contributed by atoms with Crippen LogP contribution >= 0.6 is 23.4 Å². The standard InChI is InChI=1S/C17H14ClN3O2S/c18-12-4-3-5-13(8-12)20-16(22)11-24-10-14-9-17(23)21-7-2-1-6-15(21)19-14/h1-9H,10-11H2,(H,20,22). The lowest BCUT2D eigenvalue weighted by atomic mass is 10.3. The maximum atomic E-state index is 12.0. The average molecular weight is 360 g/mol. The number of benzene rings is 1. The number of carbonyl (C=O) groups is 1. The molecule has 122 valence electrons. The number of anilines is 1. The van der Waals surface area contributed by atoms with Crippen molar-refractivity contribution in [3.05, 3.63) is 75.8 Å². The summed E-state index contributed by atoms with van der Waals surface area (Å²) in [5.74, 6) is 0.631. The molecule has 0 radical (unpaired) electrons. The van der Waals surface area contributed by atoms with Crippen molar-refractivity contribution in [3.63, 3.8) is 0 Å². The molecule has 3 rings (SSSR count). The van der Waals surface area contributed by atoms with Crippen molar-refractivity contribution >= 4 is 40.6 Å². The van der Waals surface area contributed by atoms with E-state index in [1.165, 1.54) is 22.2 Å². The number of thioether (sulfide) groups is 1. The van der Waals surface area contributed by atoms with E-state index in [0.29, 0.717) is 27.8 Å². The van der Waals surface area contributed by atoms with E-state index >= 15 is 0 Å². The lowest BCUT2D eigenvalue weighted by Gasteiger charge is -2.06. The quantitative estimate of drug-likeness (QED) is 0.759. The number of aromatic nitrogens is 2. The smallest absolute Gasteiger partial charge is 0.258 e. The van der Waals surface area contributed by atoms with Gasteiger partial charge in [-0.2, -0.15) is 0 Å². The zero-order chi connectivity index (χ0) is 16.9. The number of nitrogens with zero attached hydrogens (tertiary/aromatic N) is 2. The van der Waals surface area contributed by atoms with Gasteiger partial charge in [0.2, 0.25) is 5.91 Å². The zero-order valence-electron chi connectivity index (χ0n) is 12.6. The van der Waals surface area contributed by atoms with Gasteiger partial charge in [-0.25, -0.2) is 4.98 Å². The molecule has 0 saturated heterocycles. The Morgan fingerprint density at radius 3 is 2.92 bits per heavy atom. The molecule has 0 aliphatic heterocycles. The molecule has 24 heavy (non-hydrogen) atoms. The number of hydrogen-bond acceptors (Lipinski definition) is 4. The van der Waals surface area contributed by atoms with Crippen LogP contribution in [0.25, 0.3) is 5.65 Å². The van der Waals surface area contributed by atoms with E-state index in [1.807, 2.05) is 6.07 Å². The molecule has 0 aliphatic rings. The Kier molecular flexibility index (Phi) is 5.17. The monoisotopic (exact) mass is 359 g/mol. The number of rotatable bonds is 5. The Morgan fingerprint density at radius 1 is 1.21 bits per heavy atom. The fraction of sp³-hybridized carbons (Fsp3) is 0.118. The molecule has 2 aromatic heterocycles. The summed E-state index contributed by atoms with van der Waals surface area (Å²) in [6, 6.07) is 13.9. The van der Waals surface area contributed by atoms with Crippen LogP contribution in [0.1, 0.15) is 5.69 Å². The number of hydrogen-bond donors (Lipinski definition) is 1. The van der Waals surface area contributed by atoms with Gasteiger partial charge in [0.05, 0.1) is 11.4 Å². The normalized spacial score (nSPS) is 10.7. The molecule has 2 heterocycles. The summed E-state index contributed by atoms with van der Waals surface area (Å²) in [6.45, 7) is 0. The maximum absolute atomic E-state index is 12.0. The second-order valence-electron chi connectivity index (χ2n) is 5.07. The fourth-order valence-electron chi connectivity index (χ4n) is 2.19. The molecule has 1 amide bonds. The molecule has 1 aromatic carbocycles. The maximum Gasteiger partial charge on any atom is 0.258 e. The molecule has 0 bridgehead atoms. The predicted octanol–water partition coefficient (Wildman–Crippen LogP) is 3.22. The summed E-state index contributed by atoms with van der Waals surface area (Å²) >= 11 is 7.28. The molecular formula is C17H14ClN3O2S. The lowest BCUT2D eigenvalue weighted by Crippen LogP contribution is -2.16. The first kappa shape index (κ1) is 16.5. The number of halogens is 1. The molecule has 1 N–H and O–H groups in total. The van der Waals surface area contributed by atoms with Crippen molar-refractivity contribution in [2.24, 2.45) is 0 Å². The van der Waals surface area contributed by atoms with Gasteiger partial charge in [-0.1, -0.05) is 23.7 Å². The number of amides is 1. The van der Waals surface area contributed by atoms with Crippen LogP contribution in [0.3, 0.4) is 0 Å². The summed E-state index contributed by atoms with van der Waals surface area (Å²) < 4.78 is 1.49. The molecule has 3 aromatic rings. The van der Waals surface area contributed by atoms with E-state index in [0.717, 1.165) is 0 Å². The molecule has 0 fully saturated rings. The molecule has 0 unspecified atom stereocenters. The first-order chi connectivity index (χ1) is 11.6. The summed E-state index contributed by atoms with van der Waals surface area (Å²) in [4.78, 5) is 28.3. The van der Waals surface area contributed by atoms with Crippen LogP contribution in [-0.4, -0.2) is 21.0 Å². The minimum Gasteiger partial charge on any atom is -0.325 e. The zero-order valence-corrected chi connectivity index (χ0v) is 14.2. The van der Waals surface area contributed by atoms with Gasteiger partial charge in [0, 0.05) is 28.7 Å². The lowest BCUT2D eigenvalue weighted by molar-refractivity contribution is -0.113. The molecule has 5 nitrogen and oxygen atoms in total. The Labute approximate surface area is 147 Å². The topological polar surface area (TPSA) is 63.5 Å². The fourth-order valence-corrected chi connectivity index (χ4v) is 3.10. The van der Waals surface area contributed by atoms with Gasteiger partial charge in [0.1, 0.15) is 5.65 Å². The summed E-state index contributed by atoms with van der Waals surface area (Å²) in [5, 5.41) is 3.35. The molecule has 0 saturated carbocycles. The SMILES string of the molecule is O=C(CSCc1cc(=O)n2ccccc2n1)Nc1cccc(Cl)c1. The van der Waals surface area contributed by atoms with Gasteiger partial charge in [-0.05, 0) is 30.3 Å². The van der Waals surface area contributed by atoms with Gasteiger partial charge in [-0.15, -0.1) is 11.8 Å². The molecule has 0 spiro atoms. The Morgan fingerprint density at radius 2 is 2.08 bits per heavy atom. The van der Waals surface area contributed by atoms with Crippen molar-refractivity contribution in [1.29, 1.82) is 0 Å². The second kappa shape index (κ2) is 7.51. The van der Waals surface area contributed by atoms with Crippen LogP contribution in [0.15, 0.2) is 59.5 Å². The van der Waals surface area contributed by atoms with Crippen molar-refractivity contribution in [1.82, 2.24) is 9.38 Å². The third-order valence-electron chi connectivity index (χ3n) is 3.22. The summed E-state index contributed by atoms with van der Waals surface area (Å²) in [7, 11) is 0. The van der Waals surface area contributed by atoms with Crippen LogP contribution in [0, 0.1) is 0 Å². The highest BCUT2D eigenvalue weighted by Crippen LogP contribution is 2.16. The van der Waals surface area contributed by atoms with E-state index in [9.17, 15) is 9.59 Å². The molecule has 0 aliphatic carbocycles. The summed E-state index contributed by atoms with van der Waals surface area (Å²) in [6.07, 6.45) is 1.68. The Bertz CT molecular complexity index is 942. The molecule has 0 atom stereocenters. The second-order valence-corrected chi connectivity index (χ2v) is 6.49. The van der Waals surface area contributed by atoms with Gasteiger partial charge in [0.15, 0.2) is 0 Å². The number of fused-ring (bicyclic) bond motifs is 1. The third-order valence-corrected chi connectivity index (χ3v) is 4.42. The van der Waals surface area contributed by atoms with Crippen LogP contribution in [0.4, 0.5) is 5.69 Å². The molecule has 7 heteroatoms. The van der Waals surface area contributed by atoms with E-state index in [1.54, 1.807) is 42.6 Å². The first-order valence-corrected chi connectivity index (χ1v) is 8.75. The minimum atomic E-state index is -0.125. The average Bonchev–Trinajstić information content (AvgIpc) is 2.55. The van der Waals surface area contributed by atoms with Crippen LogP contribution in [0.5, 0.6) is 0 Å². The van der Waals surface area contributed by atoms with Crippen LogP contribution < -0.4 is 10.9 Å². The number of carbonyl (C=O) groups excluding carboxylic acids is 1. The Hall–Kier alpha value is -2.31. The van der Waals surface area contributed by atoms with Crippen molar-refractivity contribution < 1.29 is 4.79 Å². The van der Waals surface area contributed by atoms with E-state index in [2.05, 4.69) is 10.3 Å². The van der Waals surface area contributed by atoms with Crippen molar-refractivity contribution in [2.75, 3.05) is 11.1 Å². The van der Waals surface area contributed by atoms with Crippen LogP contribution in [-0.2, 0) is 10.5 Å². The van der Waals surface area contributed by atoms with E-state index in [4.69, 9.17) is 11.6 Å². The number of nitrogens with one attached hydrogen (secondary N) is 1. The van der Waals surface area contributed by atoms with Crippen molar-refractivity contribution in [3.8, 4) is 0 Å². The van der Waals surface area contributed by atoms with E-state index in [-0.39, 0.29) is 17.2 Å². The highest BCUT2D eigenvalue weighted by Gasteiger charge is 2.06. The number of pyridine rings is 1. The van der Waals surface area contributed by atoms with Crippen molar-refractivity contribution in [2.45, 2.75) is 5.75 Å².